The van der Waals surface area contributed by atoms with Crippen LogP contribution < -0.4 is 10.2 Å². The van der Waals surface area contributed by atoms with Crippen LogP contribution in [0.25, 0.3) is 0 Å². The number of hydrogen-bond acceptors (Lipinski definition) is 2. The van der Waals surface area contributed by atoms with Gasteiger partial charge >= 0.3 is 5.97 Å². The predicted octanol–water partition coefficient (Wildman–Crippen LogP) is 1.57. The van der Waals surface area contributed by atoms with Crippen LogP contribution in [0.1, 0.15) is 67.2 Å². The Morgan fingerprint density at radius 3 is 2.67 bits per heavy atom. The molecule has 0 amide bonds. The fourth-order valence-corrected chi connectivity index (χ4v) is 6.13. The largest absolute Gasteiger partial charge is 0.461 e. The van der Waals surface area contributed by atoms with Gasteiger partial charge in [0.25, 0.3) is 0 Å². The van der Waals surface area contributed by atoms with Crippen LogP contribution in [0.4, 0.5) is 0 Å². The van der Waals surface area contributed by atoms with Crippen LogP contribution in [-0.2, 0) is 9.53 Å². The van der Waals surface area contributed by atoms with Crippen LogP contribution in [-0.4, -0.2) is 43.8 Å². The van der Waals surface area contributed by atoms with Gasteiger partial charge in [-0.15, -0.1) is 0 Å². The number of ether oxygens (including phenoxy) is 1. The number of carbonyl (C=O) groups is 1. The number of hydrogen-bond donors (Lipinski definition) is 2. The maximum Gasteiger partial charge on any atom is 0.315 e. The van der Waals surface area contributed by atoms with Gasteiger partial charge in [-0.25, -0.2) is 0 Å². The highest BCUT2D eigenvalue weighted by molar-refractivity contribution is 5.76. The van der Waals surface area contributed by atoms with E-state index in [1.54, 1.807) is 10.5 Å². The fraction of sp³-hybridized carbons (Fsp3) is 0.870. The van der Waals surface area contributed by atoms with Gasteiger partial charge in [0.2, 0.25) is 0 Å². The second kappa shape index (κ2) is 8.24. The molecule has 1 heterocycles. The average molecular weight is 379 g/mol. The highest BCUT2D eigenvalue weighted by Crippen LogP contribution is 2.53. The smallest absolute Gasteiger partial charge is 0.315 e. The van der Waals surface area contributed by atoms with E-state index in [1.807, 2.05) is 0 Å². The number of carbonyl (C=O) groups excluding carboxylic acids is 1. The molecule has 1 saturated heterocycles. The zero-order valence-corrected chi connectivity index (χ0v) is 18.4. The van der Waals surface area contributed by atoms with Gasteiger partial charge in [-0.05, 0) is 58.3 Å². The average Bonchev–Trinajstić information content (AvgIpc) is 2.86. The summed E-state index contributed by atoms with van der Waals surface area (Å²) in [4.78, 5) is 14.2. The van der Waals surface area contributed by atoms with Crippen molar-refractivity contribution in [2.24, 2.45) is 23.2 Å². The molecule has 3 rings (SSSR count). The molecule has 3 N–H and O–H groups in total. The maximum atomic E-state index is 12.6. The molecule has 4 nitrogen and oxygen atoms in total. The number of nitrogens with one attached hydrogen (secondary N) is 1. The monoisotopic (exact) mass is 378 g/mol. The molecule has 0 bridgehead atoms. The topological polar surface area (TPSA) is 47.4 Å². The number of esters is 1. The van der Waals surface area contributed by atoms with Gasteiger partial charge in [-0.3, -0.25) is 4.79 Å². The zero-order chi connectivity index (χ0) is 19.8. The first-order valence-electron chi connectivity index (χ1n) is 11.3. The third-order valence-corrected chi connectivity index (χ3v) is 7.62. The van der Waals surface area contributed by atoms with Gasteiger partial charge in [0.05, 0.1) is 18.6 Å². The third kappa shape index (κ3) is 4.27. The Labute approximate surface area is 166 Å². The number of allylic oxidation sites excluding steroid dienone is 1. The summed E-state index contributed by atoms with van der Waals surface area (Å²) in [7, 11) is 0. The molecule has 0 aromatic heterocycles. The van der Waals surface area contributed by atoms with Crippen molar-refractivity contribution in [3.63, 3.8) is 0 Å². The standard InChI is InChI=1S/C23H40N2O2/c1-15(2)25(16(3)4)11-10-24-14-19-18-12-20-17(5)8-7-9-23(20,6)13-21(18)27-22(19)26/h12,15-19,21,24H,7-11,13-14H2,1-6H3/p+2/t17-,18+,19+,21+,23+/m0/s1. The maximum absolute atomic E-state index is 12.6. The number of fused-ring (bicyclic) bond motifs is 2. The van der Waals surface area contributed by atoms with Gasteiger partial charge in [0, 0.05) is 5.92 Å². The fourth-order valence-electron chi connectivity index (χ4n) is 6.13. The van der Waals surface area contributed by atoms with Crippen molar-refractivity contribution in [1.82, 2.24) is 0 Å². The minimum Gasteiger partial charge on any atom is -0.461 e. The second-order valence-corrected chi connectivity index (χ2v) is 10.3. The first-order chi connectivity index (χ1) is 12.7. The number of rotatable bonds is 7. The molecule has 1 aliphatic heterocycles. The van der Waals surface area contributed by atoms with E-state index in [9.17, 15) is 4.79 Å². The van der Waals surface area contributed by atoms with Crippen molar-refractivity contribution in [2.75, 3.05) is 19.6 Å². The van der Waals surface area contributed by atoms with Crippen LogP contribution >= 0.6 is 0 Å². The summed E-state index contributed by atoms with van der Waals surface area (Å²) in [6, 6.07) is 1.29. The Hall–Kier alpha value is -0.870. The Morgan fingerprint density at radius 2 is 2.00 bits per heavy atom. The van der Waals surface area contributed by atoms with Crippen molar-refractivity contribution < 1.29 is 19.7 Å². The lowest BCUT2D eigenvalue weighted by atomic mass is 9.59. The lowest BCUT2D eigenvalue weighted by Crippen LogP contribution is -3.19. The van der Waals surface area contributed by atoms with Crippen molar-refractivity contribution in [1.29, 1.82) is 0 Å². The summed E-state index contributed by atoms with van der Waals surface area (Å²) in [6.07, 6.45) is 7.48. The second-order valence-electron chi connectivity index (χ2n) is 10.3. The minimum absolute atomic E-state index is 0.0442. The van der Waals surface area contributed by atoms with Crippen molar-refractivity contribution >= 4 is 5.97 Å². The molecular weight excluding hydrogens is 336 g/mol. The van der Waals surface area contributed by atoms with E-state index >= 15 is 0 Å². The molecule has 2 aliphatic carbocycles. The summed E-state index contributed by atoms with van der Waals surface area (Å²) in [5, 5.41) is 2.36. The van der Waals surface area contributed by atoms with Crippen molar-refractivity contribution in [3.05, 3.63) is 11.6 Å². The molecule has 0 aromatic rings. The van der Waals surface area contributed by atoms with E-state index in [4.69, 9.17) is 4.74 Å². The zero-order valence-electron chi connectivity index (χ0n) is 18.4. The normalized spacial score (nSPS) is 36.0. The molecule has 0 unspecified atom stereocenters. The van der Waals surface area contributed by atoms with E-state index in [0.29, 0.717) is 23.9 Å². The van der Waals surface area contributed by atoms with Gasteiger partial charge < -0.3 is 15.0 Å². The minimum atomic E-state index is 0.0442. The highest BCUT2D eigenvalue weighted by Gasteiger charge is 2.52. The summed E-state index contributed by atoms with van der Waals surface area (Å²) >= 11 is 0. The molecule has 5 atom stereocenters. The molecule has 4 heteroatoms. The molecule has 1 saturated carbocycles. The van der Waals surface area contributed by atoms with Crippen LogP contribution in [0.5, 0.6) is 0 Å². The van der Waals surface area contributed by atoms with Crippen molar-refractivity contribution in [2.45, 2.75) is 85.4 Å². The molecule has 0 spiro atoms. The molecule has 154 valence electrons. The first-order valence-corrected chi connectivity index (χ1v) is 11.3. The lowest BCUT2D eigenvalue weighted by Gasteiger charge is -2.45. The van der Waals surface area contributed by atoms with Crippen molar-refractivity contribution in [3.8, 4) is 0 Å². The third-order valence-electron chi connectivity index (χ3n) is 7.62. The Balaban J connectivity index is 1.61. The SMILES string of the molecule is CC(C)[NH+](CC[NH2+]C[C@H]1C(=O)O[C@@H]2C[C@@]3(C)CCC[C@H](C)C3=C[C@@H]21)C(C)C. The first kappa shape index (κ1) is 20.9. The summed E-state index contributed by atoms with van der Waals surface area (Å²) in [5.41, 5.74) is 1.88. The summed E-state index contributed by atoms with van der Waals surface area (Å²) < 4.78 is 5.87. The van der Waals surface area contributed by atoms with Gasteiger partial charge in [-0.2, -0.15) is 0 Å². The molecular formula is C23H42N2O2+2. The Kier molecular flexibility index (Phi) is 6.37. The summed E-state index contributed by atoms with van der Waals surface area (Å²) in [5.74, 6) is 1.06. The van der Waals surface area contributed by atoms with Gasteiger partial charge in [-0.1, -0.05) is 31.9 Å². The van der Waals surface area contributed by atoms with Gasteiger partial charge in [0.1, 0.15) is 25.1 Å². The quantitative estimate of drug-likeness (QED) is 0.401. The molecule has 0 radical (unpaired) electrons. The number of nitrogens with two attached hydrogens (primary N) is 1. The van der Waals surface area contributed by atoms with Gasteiger partial charge in [0.15, 0.2) is 0 Å². The van der Waals surface area contributed by atoms with E-state index in [2.05, 4.69) is 52.9 Å². The molecule has 3 aliphatic rings. The number of quaternary nitrogens is 2. The van der Waals surface area contributed by atoms with Crippen LogP contribution in [0.2, 0.25) is 0 Å². The Morgan fingerprint density at radius 1 is 1.30 bits per heavy atom. The Bertz CT molecular complexity index is 563. The molecule has 2 fully saturated rings. The lowest BCUT2D eigenvalue weighted by molar-refractivity contribution is -0.952. The summed E-state index contributed by atoms with van der Waals surface area (Å²) in [6.45, 7) is 17.1. The highest BCUT2D eigenvalue weighted by atomic mass is 16.6. The van der Waals surface area contributed by atoms with Crippen LogP contribution in [0, 0.1) is 23.2 Å². The predicted molar refractivity (Wildman–Crippen MR) is 108 cm³/mol. The molecule has 0 aromatic carbocycles. The molecule has 27 heavy (non-hydrogen) atoms. The van der Waals surface area contributed by atoms with E-state index < -0.39 is 0 Å². The van der Waals surface area contributed by atoms with E-state index in [0.717, 1.165) is 26.1 Å². The van der Waals surface area contributed by atoms with Crippen LogP contribution in [0.15, 0.2) is 11.6 Å². The van der Waals surface area contributed by atoms with E-state index in [1.165, 1.54) is 19.3 Å². The van der Waals surface area contributed by atoms with Crippen LogP contribution in [0.3, 0.4) is 0 Å². The van der Waals surface area contributed by atoms with E-state index in [-0.39, 0.29) is 23.4 Å².